The van der Waals surface area contributed by atoms with Crippen LogP contribution in [0.4, 0.5) is 0 Å². The van der Waals surface area contributed by atoms with Gasteiger partial charge in [-0.1, -0.05) is 13.8 Å². The molecule has 64 valence electrons. The number of aryl methyl sites for hydroxylation is 1. The first-order chi connectivity index (χ1) is 5.72. The summed E-state index contributed by atoms with van der Waals surface area (Å²) in [6.45, 7) is 5.25. The quantitative estimate of drug-likeness (QED) is 0.681. The van der Waals surface area contributed by atoms with Crippen molar-refractivity contribution in [3.63, 3.8) is 0 Å². The molecule has 1 aromatic rings. The standard InChI is InChI=1S/C9H13N3/c1-8(2)3-4-12-7-9(5-10)6-11-12/h6-8H,3-4H2,1-2H3. The van der Waals surface area contributed by atoms with Crippen LogP contribution in [0.3, 0.4) is 0 Å². The van der Waals surface area contributed by atoms with Crippen LogP contribution < -0.4 is 0 Å². The summed E-state index contributed by atoms with van der Waals surface area (Å²) in [6, 6.07) is 2.05. The van der Waals surface area contributed by atoms with Crippen molar-refractivity contribution in [1.29, 1.82) is 5.26 Å². The fraction of sp³-hybridized carbons (Fsp3) is 0.556. The summed E-state index contributed by atoms with van der Waals surface area (Å²) < 4.78 is 1.82. The molecular formula is C9H13N3. The van der Waals surface area contributed by atoms with E-state index in [-0.39, 0.29) is 0 Å². The van der Waals surface area contributed by atoms with Crippen molar-refractivity contribution in [3.8, 4) is 6.07 Å². The average Bonchev–Trinajstić information content (AvgIpc) is 2.48. The maximum absolute atomic E-state index is 8.53. The van der Waals surface area contributed by atoms with Crippen LogP contribution in [0.5, 0.6) is 0 Å². The number of rotatable bonds is 3. The van der Waals surface area contributed by atoms with Gasteiger partial charge < -0.3 is 0 Å². The summed E-state index contributed by atoms with van der Waals surface area (Å²) in [4.78, 5) is 0. The maximum atomic E-state index is 8.53. The average molecular weight is 163 g/mol. The number of hydrogen-bond acceptors (Lipinski definition) is 2. The van der Waals surface area contributed by atoms with Gasteiger partial charge in [0, 0.05) is 12.7 Å². The third kappa shape index (κ3) is 2.39. The van der Waals surface area contributed by atoms with Crippen molar-refractivity contribution < 1.29 is 0 Å². The zero-order valence-corrected chi connectivity index (χ0v) is 7.49. The molecule has 0 aliphatic carbocycles. The van der Waals surface area contributed by atoms with Crippen LogP contribution in [0.2, 0.25) is 0 Å². The molecule has 0 aliphatic heterocycles. The van der Waals surface area contributed by atoms with Crippen LogP contribution in [-0.2, 0) is 6.54 Å². The first-order valence-corrected chi connectivity index (χ1v) is 4.15. The molecule has 12 heavy (non-hydrogen) atoms. The number of nitrogens with zero attached hydrogens (tertiary/aromatic N) is 3. The fourth-order valence-electron chi connectivity index (χ4n) is 0.934. The minimum atomic E-state index is 0.638. The van der Waals surface area contributed by atoms with E-state index < -0.39 is 0 Å². The van der Waals surface area contributed by atoms with Gasteiger partial charge in [0.05, 0.1) is 11.8 Å². The van der Waals surface area contributed by atoms with E-state index in [2.05, 4.69) is 25.0 Å². The molecule has 3 heteroatoms. The summed E-state index contributed by atoms with van der Waals surface area (Å²) in [6.07, 6.45) is 4.48. The van der Waals surface area contributed by atoms with Crippen LogP contribution in [0.15, 0.2) is 12.4 Å². The molecule has 0 spiro atoms. The van der Waals surface area contributed by atoms with Gasteiger partial charge in [-0.2, -0.15) is 10.4 Å². The predicted octanol–water partition coefficient (Wildman–Crippen LogP) is 1.80. The Morgan fingerprint density at radius 2 is 2.42 bits per heavy atom. The minimum absolute atomic E-state index is 0.638. The van der Waals surface area contributed by atoms with Gasteiger partial charge in [-0.25, -0.2) is 0 Å². The third-order valence-corrected chi connectivity index (χ3v) is 1.70. The summed E-state index contributed by atoms with van der Waals surface area (Å²) >= 11 is 0. The second-order valence-corrected chi connectivity index (χ2v) is 3.29. The Hall–Kier alpha value is -1.30. The van der Waals surface area contributed by atoms with Gasteiger partial charge in [-0.05, 0) is 12.3 Å². The van der Waals surface area contributed by atoms with Gasteiger partial charge >= 0.3 is 0 Å². The molecule has 0 amide bonds. The van der Waals surface area contributed by atoms with Crippen LogP contribution in [0.1, 0.15) is 25.8 Å². The van der Waals surface area contributed by atoms with Crippen LogP contribution in [0, 0.1) is 17.2 Å². The van der Waals surface area contributed by atoms with Crippen LogP contribution in [0.25, 0.3) is 0 Å². The molecule has 1 heterocycles. The Balaban J connectivity index is 2.48. The highest BCUT2D eigenvalue weighted by atomic mass is 15.3. The monoisotopic (exact) mass is 163 g/mol. The second-order valence-electron chi connectivity index (χ2n) is 3.29. The molecule has 0 saturated heterocycles. The van der Waals surface area contributed by atoms with E-state index in [0.29, 0.717) is 11.5 Å². The van der Waals surface area contributed by atoms with E-state index in [1.165, 1.54) is 0 Å². The van der Waals surface area contributed by atoms with E-state index in [1.54, 1.807) is 12.4 Å². The molecule has 1 aromatic heterocycles. The van der Waals surface area contributed by atoms with Crippen molar-refractivity contribution in [2.45, 2.75) is 26.8 Å². The Morgan fingerprint density at radius 1 is 1.67 bits per heavy atom. The molecule has 0 fully saturated rings. The maximum Gasteiger partial charge on any atom is 0.102 e. The number of aromatic nitrogens is 2. The van der Waals surface area contributed by atoms with Crippen molar-refractivity contribution in [2.75, 3.05) is 0 Å². The molecule has 0 aromatic carbocycles. The molecule has 0 N–H and O–H groups in total. The van der Waals surface area contributed by atoms with Gasteiger partial charge in [-0.3, -0.25) is 4.68 Å². The topological polar surface area (TPSA) is 41.6 Å². The SMILES string of the molecule is CC(C)CCn1cc(C#N)cn1. The van der Waals surface area contributed by atoms with Gasteiger partial charge in [0.15, 0.2) is 0 Å². The van der Waals surface area contributed by atoms with Crippen molar-refractivity contribution in [2.24, 2.45) is 5.92 Å². The van der Waals surface area contributed by atoms with E-state index >= 15 is 0 Å². The van der Waals surface area contributed by atoms with Crippen LogP contribution in [-0.4, -0.2) is 9.78 Å². The Morgan fingerprint density at radius 3 is 2.92 bits per heavy atom. The lowest BCUT2D eigenvalue weighted by Crippen LogP contribution is -2.01. The number of hydrogen-bond donors (Lipinski definition) is 0. The van der Waals surface area contributed by atoms with E-state index in [4.69, 9.17) is 5.26 Å². The first kappa shape index (κ1) is 8.79. The van der Waals surface area contributed by atoms with Gasteiger partial charge in [-0.15, -0.1) is 0 Å². The zero-order valence-electron chi connectivity index (χ0n) is 7.49. The van der Waals surface area contributed by atoms with Gasteiger partial charge in [0.1, 0.15) is 6.07 Å². The highest BCUT2D eigenvalue weighted by molar-refractivity contribution is 5.21. The van der Waals surface area contributed by atoms with E-state index in [0.717, 1.165) is 13.0 Å². The van der Waals surface area contributed by atoms with Crippen LogP contribution >= 0.6 is 0 Å². The summed E-state index contributed by atoms with van der Waals surface area (Å²) in [7, 11) is 0. The molecule has 0 radical (unpaired) electrons. The van der Waals surface area contributed by atoms with Crippen molar-refractivity contribution >= 4 is 0 Å². The summed E-state index contributed by atoms with van der Waals surface area (Å²) in [5, 5.41) is 12.6. The minimum Gasteiger partial charge on any atom is -0.271 e. The summed E-state index contributed by atoms with van der Waals surface area (Å²) in [5.74, 6) is 0.680. The molecule has 0 bridgehead atoms. The molecule has 0 unspecified atom stereocenters. The van der Waals surface area contributed by atoms with E-state index in [1.807, 2.05) is 4.68 Å². The molecule has 0 saturated carbocycles. The lowest BCUT2D eigenvalue weighted by Gasteiger charge is -2.03. The normalized spacial score (nSPS) is 10.2. The molecule has 0 aliphatic rings. The van der Waals surface area contributed by atoms with Crippen molar-refractivity contribution in [3.05, 3.63) is 18.0 Å². The smallest absolute Gasteiger partial charge is 0.102 e. The fourth-order valence-corrected chi connectivity index (χ4v) is 0.934. The highest BCUT2D eigenvalue weighted by Crippen LogP contribution is 2.02. The largest absolute Gasteiger partial charge is 0.271 e. The lowest BCUT2D eigenvalue weighted by molar-refractivity contribution is 0.487. The predicted molar refractivity (Wildman–Crippen MR) is 46.4 cm³/mol. The number of nitriles is 1. The van der Waals surface area contributed by atoms with Gasteiger partial charge in [0.2, 0.25) is 0 Å². The second kappa shape index (κ2) is 3.91. The summed E-state index contributed by atoms with van der Waals surface area (Å²) in [5.41, 5.74) is 0.638. The Labute approximate surface area is 72.6 Å². The zero-order chi connectivity index (χ0) is 8.97. The Kier molecular flexibility index (Phi) is 2.87. The molecule has 0 atom stereocenters. The van der Waals surface area contributed by atoms with Crippen molar-refractivity contribution in [1.82, 2.24) is 9.78 Å². The molecular weight excluding hydrogens is 150 g/mol. The van der Waals surface area contributed by atoms with E-state index in [9.17, 15) is 0 Å². The highest BCUT2D eigenvalue weighted by Gasteiger charge is 1.98. The Bertz CT molecular complexity index is 280. The molecule has 1 rings (SSSR count). The first-order valence-electron chi connectivity index (χ1n) is 4.15. The van der Waals surface area contributed by atoms with Gasteiger partial charge in [0.25, 0.3) is 0 Å². The third-order valence-electron chi connectivity index (χ3n) is 1.70. The molecule has 3 nitrogen and oxygen atoms in total. The lowest BCUT2D eigenvalue weighted by atomic mass is 10.1.